The lowest BCUT2D eigenvalue weighted by Crippen LogP contribution is -2.37. The van der Waals surface area contributed by atoms with Gasteiger partial charge in [0.1, 0.15) is 0 Å². The minimum absolute atomic E-state index is 0.0669. The second-order valence-electron chi connectivity index (χ2n) is 26.6. The van der Waals surface area contributed by atoms with Gasteiger partial charge in [-0.15, -0.1) is 0 Å². The molecule has 1 unspecified atom stereocenters. The number of allylic oxidation sites excluding steroid dienone is 4. The highest BCUT2D eigenvalue weighted by Crippen LogP contribution is 2.67. The summed E-state index contributed by atoms with van der Waals surface area (Å²) in [6.07, 6.45) is 8.08. The maximum atomic E-state index is 2.63. The Morgan fingerprint density at radius 3 is 1.27 bits per heavy atom. The highest BCUT2D eigenvalue weighted by Gasteiger charge is 2.56. The lowest BCUT2D eigenvalue weighted by molar-refractivity contribution is 0.467. The molecule has 2 heterocycles. The Morgan fingerprint density at radius 2 is 0.756 bits per heavy atom. The summed E-state index contributed by atoms with van der Waals surface area (Å²) in [5, 5.41) is 0. The molecule has 414 valence electrons. The van der Waals surface area contributed by atoms with Crippen molar-refractivity contribution in [3.63, 3.8) is 0 Å². The van der Waals surface area contributed by atoms with Gasteiger partial charge in [-0.1, -0.05) is 271 Å². The van der Waals surface area contributed by atoms with Gasteiger partial charge in [0.25, 0.3) is 0 Å². The maximum absolute atomic E-state index is 2.63. The van der Waals surface area contributed by atoms with E-state index in [0.29, 0.717) is 0 Å². The number of nitrogens with zero attached hydrogens (tertiary/aromatic N) is 1. The number of anilines is 3. The molecule has 0 saturated heterocycles. The summed E-state index contributed by atoms with van der Waals surface area (Å²) in [4.78, 5) is 7.94. The molecule has 0 N–H and O–H groups in total. The second-order valence-corrected chi connectivity index (χ2v) is 28.8. The largest absolute Gasteiger partial charge is 0.310 e. The molecule has 17 rings (SSSR count). The fourth-order valence-electron chi connectivity index (χ4n) is 16.5. The van der Waals surface area contributed by atoms with Crippen LogP contribution < -0.4 is 4.90 Å². The molecule has 0 aromatic heterocycles. The van der Waals surface area contributed by atoms with Crippen LogP contribution in [0.4, 0.5) is 17.1 Å². The van der Waals surface area contributed by atoms with Gasteiger partial charge < -0.3 is 4.90 Å². The quantitative estimate of drug-likeness (QED) is 0.169. The van der Waals surface area contributed by atoms with Gasteiger partial charge in [0, 0.05) is 42.6 Å². The van der Waals surface area contributed by atoms with Crippen LogP contribution in [-0.4, -0.2) is 0 Å². The van der Waals surface area contributed by atoms with E-state index in [0.717, 1.165) is 23.5 Å². The lowest BCUT2D eigenvalue weighted by atomic mass is 9.63. The number of rotatable bonds is 5. The molecule has 0 amide bonds. The van der Waals surface area contributed by atoms with Crippen LogP contribution in [0.5, 0.6) is 0 Å². The Kier molecular flexibility index (Phi) is 11.3. The fraction of sp³-hybridized carbons (Fsp3) is 0.157. The van der Waals surface area contributed by atoms with E-state index in [2.05, 4.69) is 313 Å². The van der Waals surface area contributed by atoms with Gasteiger partial charge in [-0.2, -0.15) is 0 Å². The first-order valence-corrected chi connectivity index (χ1v) is 32.3. The number of hydrogen-bond acceptors (Lipinski definition) is 3. The van der Waals surface area contributed by atoms with Gasteiger partial charge in [0.15, 0.2) is 0 Å². The predicted octanol–water partition coefficient (Wildman–Crippen LogP) is 21.7. The predicted molar refractivity (Wildman–Crippen MR) is 359 cm³/mol. The fourth-order valence-corrected chi connectivity index (χ4v) is 18.8. The van der Waals surface area contributed by atoms with Crippen molar-refractivity contribution in [2.45, 2.75) is 94.6 Å². The normalized spacial score (nSPS) is 17.0. The zero-order chi connectivity index (χ0) is 57.9. The topological polar surface area (TPSA) is 3.24 Å². The van der Waals surface area contributed by atoms with Gasteiger partial charge >= 0.3 is 0 Å². The minimum atomic E-state index is -0.619. The lowest BCUT2D eigenvalue weighted by Gasteiger charge is -2.43. The van der Waals surface area contributed by atoms with Crippen molar-refractivity contribution in [3.05, 3.63) is 345 Å². The second kappa shape index (κ2) is 18.7. The van der Waals surface area contributed by atoms with Gasteiger partial charge in [0.2, 0.25) is 0 Å². The Balaban J connectivity index is 0.982. The summed E-state index contributed by atoms with van der Waals surface area (Å²) in [6.45, 7) is 14.2. The molecule has 2 spiro atoms. The van der Waals surface area contributed by atoms with Crippen LogP contribution in [0.25, 0.3) is 27.8 Å². The van der Waals surface area contributed by atoms with E-state index in [1.807, 2.05) is 23.5 Å². The third-order valence-electron chi connectivity index (χ3n) is 20.2. The minimum Gasteiger partial charge on any atom is -0.310 e. The van der Waals surface area contributed by atoms with E-state index in [1.54, 1.807) is 0 Å². The van der Waals surface area contributed by atoms with Crippen LogP contribution in [0, 0.1) is 5.92 Å². The summed E-state index contributed by atoms with van der Waals surface area (Å²) < 4.78 is 0. The van der Waals surface area contributed by atoms with E-state index in [9.17, 15) is 0 Å². The monoisotopic (exact) mass is 1140 g/mol. The van der Waals surface area contributed by atoms with Crippen molar-refractivity contribution < 1.29 is 0 Å². The van der Waals surface area contributed by atoms with E-state index in [4.69, 9.17) is 0 Å². The Bertz CT molecular complexity index is 4570. The molecule has 2 aliphatic heterocycles. The number of fused-ring (bicyclic) bond motifs is 21. The van der Waals surface area contributed by atoms with Gasteiger partial charge in [-0.05, 0) is 184 Å². The molecule has 0 bridgehead atoms. The molecule has 0 saturated carbocycles. The van der Waals surface area contributed by atoms with Gasteiger partial charge in [0.05, 0.1) is 16.2 Å². The Labute approximate surface area is 515 Å². The van der Waals surface area contributed by atoms with Crippen molar-refractivity contribution >= 4 is 46.2 Å². The van der Waals surface area contributed by atoms with Crippen LogP contribution in [-0.2, 0) is 27.1 Å². The molecule has 6 aliphatic rings. The van der Waals surface area contributed by atoms with E-state index in [-0.39, 0.29) is 16.7 Å². The SMILES string of the molecule is CC(C)(C)c1ccc2c(c1)C1(c3cc(C(C)(C)C)ccc3S2)c2ccccc2-c2ccc(N(c3ccc4c(c3)C(c3ccccc3)(c3ccccc3)c3ccccc3-4)c3ccc4c(c3)C3(c5ccccc5Sc5ccccc53)C3CC=CC=C43)cc21. The molecule has 3 heteroatoms. The molecular formula is C83H65NS2. The first kappa shape index (κ1) is 51.8. The standard InChI is InChI=1S/C83H65NS2/c1-79(2,3)54-37-45-77-73(47-54)83(74-48-55(80(4,5)6)38-46-78(74)86-77)67-32-18-15-29-61(67)64-44-41-58(51-72(64)83)84(56-39-42-62-59-27-13-16-30-65(59)81(70(62)49-56,52-23-9-7-10-24-52)53-25-11-8-12-26-53)57-40-43-63-60-28-14-17-31-66(60)82(71(63)50-57)68-33-19-21-35-75(68)85-76-36-22-20-34-69(76)82/h7-30,32-51,66H,31H2,1-6H3. The summed E-state index contributed by atoms with van der Waals surface area (Å²) in [5.74, 6) is 0.226. The molecule has 0 radical (unpaired) electrons. The van der Waals surface area contributed by atoms with Crippen LogP contribution in [0.1, 0.15) is 126 Å². The van der Waals surface area contributed by atoms with Crippen LogP contribution >= 0.6 is 23.5 Å². The average molecular weight is 1140 g/mol. The van der Waals surface area contributed by atoms with E-state index in [1.165, 1.54) is 125 Å². The van der Waals surface area contributed by atoms with Crippen molar-refractivity contribution in [3.8, 4) is 22.3 Å². The van der Waals surface area contributed by atoms with Crippen LogP contribution in [0.2, 0.25) is 0 Å². The molecule has 0 fully saturated rings. The summed E-state index contributed by atoms with van der Waals surface area (Å²) in [5.41, 5.74) is 26.9. The van der Waals surface area contributed by atoms with Crippen LogP contribution in [0.15, 0.2) is 287 Å². The van der Waals surface area contributed by atoms with Gasteiger partial charge in [-0.25, -0.2) is 0 Å². The molecule has 4 aliphatic carbocycles. The first-order valence-electron chi connectivity index (χ1n) is 30.7. The van der Waals surface area contributed by atoms with E-state index >= 15 is 0 Å². The maximum Gasteiger partial charge on any atom is 0.0736 e. The zero-order valence-corrected chi connectivity index (χ0v) is 51.1. The van der Waals surface area contributed by atoms with Crippen molar-refractivity contribution in [2.24, 2.45) is 5.92 Å². The highest BCUT2D eigenvalue weighted by atomic mass is 32.2. The Morgan fingerprint density at radius 1 is 0.349 bits per heavy atom. The summed E-state index contributed by atoms with van der Waals surface area (Å²) >= 11 is 3.86. The average Bonchev–Trinajstić information content (AvgIpc) is 1.52. The Hall–Kier alpha value is -8.60. The smallest absolute Gasteiger partial charge is 0.0736 e. The third-order valence-corrected chi connectivity index (χ3v) is 22.5. The molecular weight excluding hydrogens is 1080 g/mol. The summed E-state index contributed by atoms with van der Waals surface area (Å²) in [6, 6.07) is 96.9. The van der Waals surface area contributed by atoms with Gasteiger partial charge in [-0.3, -0.25) is 0 Å². The zero-order valence-electron chi connectivity index (χ0n) is 49.5. The van der Waals surface area contributed by atoms with Crippen LogP contribution in [0.3, 0.4) is 0 Å². The molecule has 1 atom stereocenters. The number of hydrogen-bond donors (Lipinski definition) is 0. The first-order chi connectivity index (χ1) is 41.9. The molecule has 1 nitrogen and oxygen atoms in total. The van der Waals surface area contributed by atoms with Crippen molar-refractivity contribution in [1.29, 1.82) is 0 Å². The molecule has 11 aromatic carbocycles. The van der Waals surface area contributed by atoms with Crippen molar-refractivity contribution in [2.75, 3.05) is 4.90 Å². The molecule has 86 heavy (non-hydrogen) atoms. The third kappa shape index (κ3) is 7.04. The summed E-state index contributed by atoms with van der Waals surface area (Å²) in [7, 11) is 0. The molecule has 11 aromatic rings. The van der Waals surface area contributed by atoms with Crippen molar-refractivity contribution in [1.82, 2.24) is 0 Å². The highest BCUT2D eigenvalue weighted by molar-refractivity contribution is 7.99. The van der Waals surface area contributed by atoms with E-state index < -0.39 is 16.2 Å². The number of benzene rings is 11.